The Morgan fingerprint density at radius 3 is 2.10 bits per heavy atom. The van der Waals surface area contributed by atoms with Gasteiger partial charge in [-0.2, -0.15) is 0 Å². The average Bonchev–Trinajstić information content (AvgIpc) is 2.46. The Labute approximate surface area is 125 Å². The van der Waals surface area contributed by atoms with Gasteiger partial charge in [-0.05, 0) is 35.2 Å². The maximum atomic E-state index is 11.7. The van der Waals surface area contributed by atoms with Crippen LogP contribution in [-0.2, 0) is 10.2 Å². The SMILES string of the molecule is CC(C)(C)c1ccc(OCC(=O)Oc2ccccc2)cc1. The van der Waals surface area contributed by atoms with Crippen molar-refractivity contribution >= 4 is 5.97 Å². The van der Waals surface area contributed by atoms with Crippen LogP contribution in [0.3, 0.4) is 0 Å². The number of ether oxygens (including phenoxy) is 2. The normalized spacial score (nSPS) is 11.0. The number of benzene rings is 2. The van der Waals surface area contributed by atoms with Crippen LogP contribution < -0.4 is 9.47 Å². The van der Waals surface area contributed by atoms with E-state index in [0.29, 0.717) is 11.5 Å². The second kappa shape index (κ2) is 6.44. The maximum absolute atomic E-state index is 11.7. The molecule has 0 heterocycles. The van der Waals surface area contributed by atoms with Gasteiger partial charge in [0, 0.05) is 0 Å². The average molecular weight is 284 g/mol. The molecule has 0 bridgehead atoms. The quantitative estimate of drug-likeness (QED) is 0.629. The van der Waals surface area contributed by atoms with Crippen molar-refractivity contribution in [3.63, 3.8) is 0 Å². The van der Waals surface area contributed by atoms with Crippen LogP contribution in [0.4, 0.5) is 0 Å². The smallest absolute Gasteiger partial charge is 0.349 e. The first kappa shape index (κ1) is 15.1. The molecule has 0 radical (unpaired) electrons. The first-order valence-electron chi connectivity index (χ1n) is 6.94. The van der Waals surface area contributed by atoms with Gasteiger partial charge < -0.3 is 9.47 Å². The fourth-order valence-electron chi connectivity index (χ4n) is 1.84. The lowest BCUT2D eigenvalue weighted by atomic mass is 9.87. The summed E-state index contributed by atoms with van der Waals surface area (Å²) in [5.41, 5.74) is 1.33. The summed E-state index contributed by atoms with van der Waals surface area (Å²) < 4.78 is 10.6. The number of hydrogen-bond acceptors (Lipinski definition) is 3. The number of rotatable bonds is 4. The molecule has 110 valence electrons. The van der Waals surface area contributed by atoms with E-state index in [1.54, 1.807) is 12.1 Å². The van der Waals surface area contributed by atoms with Gasteiger partial charge in [0.05, 0.1) is 0 Å². The molecule has 2 rings (SSSR count). The fraction of sp³-hybridized carbons (Fsp3) is 0.278. The van der Waals surface area contributed by atoms with Crippen molar-refractivity contribution in [2.75, 3.05) is 6.61 Å². The lowest BCUT2D eigenvalue weighted by molar-refractivity contribution is -0.136. The Kier molecular flexibility index (Phi) is 4.63. The largest absolute Gasteiger partial charge is 0.482 e. The van der Waals surface area contributed by atoms with E-state index in [1.165, 1.54) is 5.56 Å². The lowest BCUT2D eigenvalue weighted by Gasteiger charge is -2.19. The molecule has 21 heavy (non-hydrogen) atoms. The van der Waals surface area contributed by atoms with Crippen LogP contribution in [0, 0.1) is 0 Å². The lowest BCUT2D eigenvalue weighted by Crippen LogP contribution is -2.17. The van der Waals surface area contributed by atoms with Crippen molar-refractivity contribution in [2.24, 2.45) is 0 Å². The maximum Gasteiger partial charge on any atom is 0.349 e. The summed E-state index contributed by atoms with van der Waals surface area (Å²) in [5, 5.41) is 0. The minimum absolute atomic E-state index is 0.102. The summed E-state index contributed by atoms with van der Waals surface area (Å²) >= 11 is 0. The van der Waals surface area contributed by atoms with E-state index < -0.39 is 5.97 Å². The van der Waals surface area contributed by atoms with Crippen LogP contribution in [0.25, 0.3) is 0 Å². The molecule has 0 amide bonds. The Morgan fingerprint density at radius 1 is 0.905 bits per heavy atom. The van der Waals surface area contributed by atoms with Crippen molar-refractivity contribution in [1.29, 1.82) is 0 Å². The van der Waals surface area contributed by atoms with Gasteiger partial charge in [0.25, 0.3) is 0 Å². The topological polar surface area (TPSA) is 35.5 Å². The summed E-state index contributed by atoms with van der Waals surface area (Å²) in [7, 11) is 0. The highest BCUT2D eigenvalue weighted by Gasteiger charge is 2.13. The predicted molar refractivity (Wildman–Crippen MR) is 82.7 cm³/mol. The highest BCUT2D eigenvalue weighted by Crippen LogP contribution is 2.24. The van der Waals surface area contributed by atoms with E-state index in [4.69, 9.17) is 9.47 Å². The van der Waals surface area contributed by atoms with Crippen LogP contribution in [0.15, 0.2) is 54.6 Å². The van der Waals surface area contributed by atoms with E-state index >= 15 is 0 Å². The molecular weight excluding hydrogens is 264 g/mol. The molecular formula is C18H20O3. The highest BCUT2D eigenvalue weighted by molar-refractivity contribution is 5.73. The summed E-state index contributed by atoms with van der Waals surface area (Å²) in [4.78, 5) is 11.7. The zero-order valence-corrected chi connectivity index (χ0v) is 12.6. The molecule has 0 aliphatic rings. The molecule has 0 aromatic heterocycles. The monoisotopic (exact) mass is 284 g/mol. The van der Waals surface area contributed by atoms with Gasteiger partial charge in [-0.25, -0.2) is 4.79 Å². The highest BCUT2D eigenvalue weighted by atomic mass is 16.6. The Morgan fingerprint density at radius 2 is 1.52 bits per heavy atom. The second-order valence-corrected chi connectivity index (χ2v) is 5.85. The van der Waals surface area contributed by atoms with Crippen molar-refractivity contribution < 1.29 is 14.3 Å². The van der Waals surface area contributed by atoms with Gasteiger partial charge in [0.1, 0.15) is 11.5 Å². The van der Waals surface area contributed by atoms with Crippen LogP contribution in [-0.4, -0.2) is 12.6 Å². The van der Waals surface area contributed by atoms with Crippen molar-refractivity contribution in [1.82, 2.24) is 0 Å². The van der Waals surface area contributed by atoms with E-state index in [9.17, 15) is 4.79 Å². The van der Waals surface area contributed by atoms with Gasteiger partial charge in [0.2, 0.25) is 0 Å². The molecule has 0 atom stereocenters. The minimum atomic E-state index is -0.416. The molecule has 0 saturated carbocycles. The first-order chi connectivity index (χ1) is 9.95. The zero-order chi connectivity index (χ0) is 15.3. The zero-order valence-electron chi connectivity index (χ0n) is 12.6. The van der Waals surface area contributed by atoms with Gasteiger partial charge >= 0.3 is 5.97 Å². The van der Waals surface area contributed by atoms with Crippen molar-refractivity contribution in [3.8, 4) is 11.5 Å². The first-order valence-corrected chi connectivity index (χ1v) is 6.94. The Bertz CT molecular complexity index is 580. The number of esters is 1. The van der Waals surface area contributed by atoms with Gasteiger partial charge in [-0.3, -0.25) is 0 Å². The summed E-state index contributed by atoms with van der Waals surface area (Å²) in [5.74, 6) is 0.767. The molecule has 2 aromatic carbocycles. The molecule has 0 unspecified atom stereocenters. The third-order valence-corrected chi connectivity index (χ3v) is 3.05. The molecule has 3 nitrogen and oxygen atoms in total. The van der Waals surface area contributed by atoms with E-state index in [2.05, 4.69) is 20.8 Å². The molecule has 0 aliphatic heterocycles. The minimum Gasteiger partial charge on any atom is -0.482 e. The second-order valence-electron chi connectivity index (χ2n) is 5.85. The third-order valence-electron chi connectivity index (χ3n) is 3.05. The molecule has 0 spiro atoms. The third kappa shape index (κ3) is 4.63. The van der Waals surface area contributed by atoms with Gasteiger partial charge in [0.15, 0.2) is 6.61 Å². The number of carbonyl (C=O) groups excluding carboxylic acids is 1. The molecule has 0 fully saturated rings. The standard InChI is InChI=1S/C18H20O3/c1-18(2,3)14-9-11-15(12-10-14)20-13-17(19)21-16-7-5-4-6-8-16/h4-12H,13H2,1-3H3. The molecule has 0 aliphatic carbocycles. The molecule has 3 heteroatoms. The van der Waals surface area contributed by atoms with Gasteiger partial charge in [-0.15, -0.1) is 0 Å². The number of para-hydroxylation sites is 1. The molecule has 0 saturated heterocycles. The summed E-state index contributed by atoms with van der Waals surface area (Å²) in [6.45, 7) is 6.35. The number of carbonyl (C=O) groups is 1. The fourth-order valence-corrected chi connectivity index (χ4v) is 1.84. The van der Waals surface area contributed by atoms with Crippen LogP contribution in [0.1, 0.15) is 26.3 Å². The predicted octanol–water partition coefficient (Wildman–Crippen LogP) is 3.97. The van der Waals surface area contributed by atoms with Gasteiger partial charge in [-0.1, -0.05) is 51.1 Å². The number of hydrogen-bond donors (Lipinski definition) is 0. The van der Waals surface area contributed by atoms with E-state index in [-0.39, 0.29) is 12.0 Å². The molecule has 2 aromatic rings. The van der Waals surface area contributed by atoms with Crippen LogP contribution in [0.5, 0.6) is 11.5 Å². The van der Waals surface area contributed by atoms with E-state index in [1.807, 2.05) is 42.5 Å². The summed E-state index contributed by atoms with van der Waals surface area (Å²) in [6.07, 6.45) is 0. The molecule has 0 N–H and O–H groups in total. The Balaban J connectivity index is 1.87. The van der Waals surface area contributed by atoms with Crippen molar-refractivity contribution in [2.45, 2.75) is 26.2 Å². The van der Waals surface area contributed by atoms with Crippen LogP contribution in [0.2, 0.25) is 0 Å². The van der Waals surface area contributed by atoms with Crippen LogP contribution >= 0.6 is 0 Å². The van der Waals surface area contributed by atoms with E-state index in [0.717, 1.165) is 0 Å². The Hall–Kier alpha value is -2.29. The van der Waals surface area contributed by atoms with Crippen molar-refractivity contribution in [3.05, 3.63) is 60.2 Å². The summed E-state index contributed by atoms with van der Waals surface area (Å²) in [6, 6.07) is 16.7.